The van der Waals surface area contributed by atoms with Gasteiger partial charge >= 0.3 is 5.97 Å². The van der Waals surface area contributed by atoms with E-state index < -0.39 is 0 Å². The second-order valence-electron chi connectivity index (χ2n) is 6.78. The Morgan fingerprint density at radius 2 is 2.00 bits per heavy atom. The third kappa shape index (κ3) is 2.87. The number of hydrogen-bond acceptors (Lipinski definition) is 5. The Morgan fingerprint density at radius 1 is 1.22 bits per heavy atom. The van der Waals surface area contributed by atoms with Gasteiger partial charge in [-0.2, -0.15) is 0 Å². The first kappa shape index (κ1) is 17.3. The van der Waals surface area contributed by atoms with E-state index in [0.29, 0.717) is 23.4 Å². The molecule has 0 amide bonds. The maximum Gasteiger partial charge on any atom is 0.340 e. The molecule has 4 rings (SSSR count). The molecule has 0 spiro atoms. The average molecular weight is 364 g/mol. The summed E-state index contributed by atoms with van der Waals surface area (Å²) in [5.41, 5.74) is 2.96. The number of para-hydroxylation sites is 2. The van der Waals surface area contributed by atoms with E-state index >= 15 is 0 Å². The number of nitrogens with zero attached hydrogens (tertiary/aromatic N) is 1. The quantitative estimate of drug-likeness (QED) is 0.371. The second kappa shape index (κ2) is 6.87. The van der Waals surface area contributed by atoms with Gasteiger partial charge in [0.1, 0.15) is 0 Å². The van der Waals surface area contributed by atoms with Crippen molar-refractivity contribution in [3.05, 3.63) is 81.4 Å². The van der Waals surface area contributed by atoms with Gasteiger partial charge in [-0.3, -0.25) is 10.1 Å². The summed E-state index contributed by atoms with van der Waals surface area (Å²) >= 11 is 0. The lowest BCUT2D eigenvalue weighted by molar-refractivity contribution is -0.385. The molecule has 1 heterocycles. The van der Waals surface area contributed by atoms with Crippen LogP contribution in [0.1, 0.15) is 46.8 Å². The summed E-state index contributed by atoms with van der Waals surface area (Å²) in [4.78, 5) is 23.6. The molecule has 2 aromatic carbocycles. The summed E-state index contributed by atoms with van der Waals surface area (Å²) in [6.45, 7) is 2.06. The number of allylic oxidation sites excluding steroid dienone is 2. The van der Waals surface area contributed by atoms with Gasteiger partial charge in [0.2, 0.25) is 0 Å². The van der Waals surface area contributed by atoms with Crippen LogP contribution in [0.3, 0.4) is 0 Å². The maximum atomic E-state index is 12.4. The van der Waals surface area contributed by atoms with E-state index in [-0.39, 0.29) is 34.5 Å². The first-order valence-corrected chi connectivity index (χ1v) is 9.08. The molecule has 0 aromatic heterocycles. The van der Waals surface area contributed by atoms with Crippen molar-refractivity contribution in [1.82, 2.24) is 0 Å². The van der Waals surface area contributed by atoms with Crippen molar-refractivity contribution in [3.8, 4) is 0 Å². The monoisotopic (exact) mass is 364 g/mol. The summed E-state index contributed by atoms with van der Waals surface area (Å²) < 4.78 is 5.20. The molecule has 1 aliphatic carbocycles. The first-order valence-electron chi connectivity index (χ1n) is 9.08. The Balaban J connectivity index is 1.84. The number of hydrogen-bond donors (Lipinski definition) is 1. The highest BCUT2D eigenvalue weighted by atomic mass is 16.6. The molecule has 1 aliphatic heterocycles. The van der Waals surface area contributed by atoms with Crippen LogP contribution in [-0.4, -0.2) is 17.5 Å². The van der Waals surface area contributed by atoms with Gasteiger partial charge in [-0.1, -0.05) is 42.5 Å². The molecular formula is C21H20N2O4. The lowest BCUT2D eigenvalue weighted by Crippen LogP contribution is -2.31. The molecule has 6 heteroatoms. The van der Waals surface area contributed by atoms with Gasteiger partial charge in [0.15, 0.2) is 0 Å². The average Bonchev–Trinajstić information content (AvgIpc) is 3.17. The molecule has 0 unspecified atom stereocenters. The van der Waals surface area contributed by atoms with Crippen molar-refractivity contribution in [3.63, 3.8) is 0 Å². The van der Waals surface area contributed by atoms with Gasteiger partial charge < -0.3 is 10.1 Å². The first-order chi connectivity index (χ1) is 13.1. The molecule has 0 radical (unpaired) electrons. The highest BCUT2D eigenvalue weighted by Crippen LogP contribution is 2.51. The Hall–Kier alpha value is -3.15. The molecule has 0 bridgehead atoms. The molecular weight excluding hydrogens is 344 g/mol. The highest BCUT2D eigenvalue weighted by molar-refractivity contribution is 5.97. The Labute approximate surface area is 157 Å². The number of nitro benzene ring substituents is 1. The van der Waals surface area contributed by atoms with Gasteiger partial charge in [0, 0.05) is 12.0 Å². The fourth-order valence-electron chi connectivity index (χ4n) is 4.23. The molecule has 138 valence electrons. The Kier molecular flexibility index (Phi) is 4.39. The van der Waals surface area contributed by atoms with Crippen molar-refractivity contribution >= 4 is 17.3 Å². The van der Waals surface area contributed by atoms with Gasteiger partial charge in [-0.05, 0) is 30.9 Å². The molecule has 0 saturated heterocycles. The van der Waals surface area contributed by atoms with Crippen LogP contribution < -0.4 is 5.32 Å². The fraction of sp³-hybridized carbons (Fsp3) is 0.286. The zero-order valence-electron chi connectivity index (χ0n) is 14.9. The Bertz CT molecular complexity index is 938. The van der Waals surface area contributed by atoms with Crippen LogP contribution in [0.5, 0.6) is 0 Å². The molecule has 0 saturated carbocycles. The van der Waals surface area contributed by atoms with Gasteiger partial charge in [-0.25, -0.2) is 4.79 Å². The van der Waals surface area contributed by atoms with Crippen molar-refractivity contribution in [2.45, 2.75) is 25.3 Å². The highest BCUT2D eigenvalue weighted by Gasteiger charge is 2.41. The topological polar surface area (TPSA) is 81.5 Å². The van der Waals surface area contributed by atoms with E-state index in [9.17, 15) is 14.9 Å². The lowest BCUT2D eigenvalue weighted by atomic mass is 9.76. The number of benzene rings is 2. The predicted molar refractivity (Wildman–Crippen MR) is 102 cm³/mol. The summed E-state index contributed by atoms with van der Waals surface area (Å²) in [6.07, 6.45) is 5.09. The van der Waals surface area contributed by atoms with E-state index in [1.54, 1.807) is 25.1 Å². The third-order valence-electron chi connectivity index (χ3n) is 5.36. The summed E-state index contributed by atoms with van der Waals surface area (Å²) in [7, 11) is 0. The molecule has 0 fully saturated rings. The number of anilines is 1. The van der Waals surface area contributed by atoms with E-state index in [4.69, 9.17) is 4.74 Å². The zero-order chi connectivity index (χ0) is 19.0. The van der Waals surface area contributed by atoms with Crippen LogP contribution in [0.25, 0.3) is 0 Å². The van der Waals surface area contributed by atoms with E-state index in [2.05, 4.69) is 17.5 Å². The maximum absolute atomic E-state index is 12.4. The summed E-state index contributed by atoms with van der Waals surface area (Å²) in [5, 5.41) is 15.0. The molecule has 2 aliphatic rings. The molecule has 2 aromatic rings. The van der Waals surface area contributed by atoms with Crippen LogP contribution in [-0.2, 0) is 4.74 Å². The van der Waals surface area contributed by atoms with E-state index in [1.165, 1.54) is 6.07 Å². The zero-order valence-corrected chi connectivity index (χ0v) is 14.9. The fourth-order valence-corrected chi connectivity index (χ4v) is 4.23. The van der Waals surface area contributed by atoms with Gasteiger partial charge in [0.05, 0.1) is 34.4 Å². The number of esters is 1. The minimum atomic E-state index is -0.386. The number of carbonyl (C=O) groups excluding carboxylic acids is 1. The summed E-state index contributed by atoms with van der Waals surface area (Å²) in [5.74, 6) is -0.111. The largest absolute Gasteiger partial charge is 0.462 e. The second-order valence-corrected chi connectivity index (χ2v) is 6.78. The number of nitro groups is 1. The van der Waals surface area contributed by atoms with Crippen molar-refractivity contribution in [2.24, 2.45) is 5.92 Å². The Morgan fingerprint density at radius 3 is 2.78 bits per heavy atom. The van der Waals surface area contributed by atoms with Gasteiger partial charge in [-0.15, -0.1) is 0 Å². The van der Waals surface area contributed by atoms with Crippen LogP contribution >= 0.6 is 0 Å². The standard InChI is InChI=1S/C21H20N2O4/c1-2-27-21(24)17-11-6-10-15-13-8-5-9-14(13)19(22-20(15)17)16-7-3-4-12-18(16)23(25)26/h3-8,10-14,19,22H,2,9H2,1H3/t13-,14-,19+/m1/s1. The molecule has 1 N–H and O–H groups in total. The minimum absolute atomic E-state index is 0.0951. The van der Waals surface area contributed by atoms with Crippen molar-refractivity contribution in [1.29, 1.82) is 0 Å². The van der Waals surface area contributed by atoms with Crippen LogP contribution in [0.4, 0.5) is 11.4 Å². The van der Waals surface area contributed by atoms with E-state index in [0.717, 1.165) is 12.0 Å². The van der Waals surface area contributed by atoms with E-state index in [1.807, 2.05) is 18.2 Å². The van der Waals surface area contributed by atoms with Crippen molar-refractivity contribution in [2.75, 3.05) is 11.9 Å². The number of fused-ring (bicyclic) bond motifs is 3. The number of carbonyl (C=O) groups is 1. The van der Waals surface area contributed by atoms with Gasteiger partial charge in [0.25, 0.3) is 5.69 Å². The van der Waals surface area contributed by atoms with Crippen LogP contribution in [0, 0.1) is 16.0 Å². The normalized spacial score (nSPS) is 22.5. The van der Waals surface area contributed by atoms with Crippen LogP contribution in [0.15, 0.2) is 54.6 Å². The molecule has 3 atom stereocenters. The SMILES string of the molecule is CCOC(=O)c1cccc2c1N[C@H](c1ccccc1[N+](=O)[O-])[C@@H]1CC=C[C@@H]21. The summed E-state index contributed by atoms with van der Waals surface area (Å²) in [6, 6.07) is 12.2. The smallest absolute Gasteiger partial charge is 0.340 e. The predicted octanol–water partition coefficient (Wildman–Crippen LogP) is 4.60. The molecule has 6 nitrogen and oxygen atoms in total. The number of ether oxygens (including phenoxy) is 1. The minimum Gasteiger partial charge on any atom is -0.462 e. The number of rotatable bonds is 4. The van der Waals surface area contributed by atoms with Crippen molar-refractivity contribution < 1.29 is 14.5 Å². The third-order valence-corrected chi connectivity index (χ3v) is 5.36. The number of nitrogens with one attached hydrogen (secondary N) is 1. The lowest BCUT2D eigenvalue weighted by Gasteiger charge is -2.38. The van der Waals surface area contributed by atoms with Crippen LogP contribution in [0.2, 0.25) is 0 Å². The molecule has 27 heavy (non-hydrogen) atoms.